The average molecular weight is 469 g/mol. The van der Waals surface area contributed by atoms with Crippen molar-refractivity contribution in [1.82, 2.24) is 9.80 Å². The van der Waals surface area contributed by atoms with Crippen LogP contribution in [0.5, 0.6) is 0 Å². The van der Waals surface area contributed by atoms with Crippen molar-refractivity contribution in [2.45, 2.75) is 52.5 Å². The molecule has 1 unspecified atom stereocenters. The first-order valence-corrected chi connectivity index (χ1v) is 10.0. The van der Waals surface area contributed by atoms with E-state index in [1.165, 1.54) is 0 Å². The van der Waals surface area contributed by atoms with Crippen LogP contribution in [0.15, 0.2) is 18.2 Å². The first-order chi connectivity index (χ1) is 14.0. The zero-order chi connectivity index (χ0) is 23.8. The number of rotatable bonds is 2. The van der Waals surface area contributed by atoms with E-state index < -0.39 is 29.2 Å². The number of benzene rings is 1. The minimum absolute atomic E-state index is 0.00266. The van der Waals surface area contributed by atoms with Gasteiger partial charge in [0, 0.05) is 37.8 Å². The Morgan fingerprint density at radius 2 is 1.55 bits per heavy atom. The number of anilines is 1. The van der Waals surface area contributed by atoms with E-state index in [9.17, 15) is 31.1 Å². The van der Waals surface area contributed by atoms with E-state index in [2.05, 4.69) is 5.32 Å². The van der Waals surface area contributed by atoms with Crippen LogP contribution in [0.25, 0.3) is 0 Å². The quantitative estimate of drug-likeness (QED) is 0.466. The van der Waals surface area contributed by atoms with Crippen molar-refractivity contribution in [1.29, 1.82) is 0 Å². The summed E-state index contributed by atoms with van der Waals surface area (Å²) in [4.78, 5) is 15.8. The van der Waals surface area contributed by atoms with Gasteiger partial charge in [-0.25, -0.2) is 0 Å². The van der Waals surface area contributed by atoms with Gasteiger partial charge >= 0.3 is 12.4 Å². The molecule has 0 radical (unpaired) electrons. The highest BCUT2D eigenvalue weighted by Gasteiger charge is 2.37. The van der Waals surface area contributed by atoms with E-state index in [-0.39, 0.29) is 28.5 Å². The maximum absolute atomic E-state index is 13.1. The Labute approximate surface area is 182 Å². The summed E-state index contributed by atoms with van der Waals surface area (Å²) in [7, 11) is 0. The van der Waals surface area contributed by atoms with E-state index in [0.29, 0.717) is 38.2 Å². The highest BCUT2D eigenvalue weighted by atomic mass is 32.1. The highest BCUT2D eigenvalue weighted by molar-refractivity contribution is 7.80. The molecule has 174 valence electrons. The van der Waals surface area contributed by atoms with Crippen LogP contribution in [0.3, 0.4) is 0 Å². The molecule has 1 aromatic carbocycles. The number of nitrogens with zero attached hydrogens (tertiary/aromatic N) is 2. The monoisotopic (exact) mass is 469 g/mol. The van der Waals surface area contributed by atoms with Crippen LogP contribution in [-0.2, 0) is 17.1 Å². The number of hydrogen-bond acceptors (Lipinski definition) is 2. The molecule has 1 heterocycles. The van der Waals surface area contributed by atoms with Gasteiger partial charge in [0.2, 0.25) is 5.91 Å². The minimum atomic E-state index is -4.94. The normalized spacial score (nSPS) is 18.2. The van der Waals surface area contributed by atoms with Crippen molar-refractivity contribution in [3.63, 3.8) is 0 Å². The summed E-state index contributed by atoms with van der Waals surface area (Å²) in [6.07, 6.45) is -9.51. The summed E-state index contributed by atoms with van der Waals surface area (Å²) in [6, 6.07) is 0.992. The predicted molar refractivity (Wildman–Crippen MR) is 109 cm³/mol. The van der Waals surface area contributed by atoms with Crippen LogP contribution in [0.1, 0.15) is 45.2 Å². The number of carbonyl (C=O) groups excluding carboxylic acids is 1. The van der Waals surface area contributed by atoms with Crippen LogP contribution in [0.2, 0.25) is 0 Å². The number of amides is 1. The van der Waals surface area contributed by atoms with Crippen molar-refractivity contribution in [2.75, 3.05) is 25.0 Å². The number of thiocarbonyl (C=S) groups is 1. The molecule has 0 aromatic heterocycles. The van der Waals surface area contributed by atoms with Gasteiger partial charge in [0.15, 0.2) is 5.11 Å². The SMILES string of the molecule is CC1CN(C(=O)CC(C)(C)C)CCN1C(=S)Nc1cc(C(F)(F)F)cc(C(F)(F)F)c1. The van der Waals surface area contributed by atoms with Crippen molar-refractivity contribution in [3.05, 3.63) is 29.3 Å². The Balaban J connectivity index is 2.14. The second-order valence-corrected chi connectivity index (χ2v) is 9.23. The minimum Gasteiger partial charge on any atom is -0.343 e. The van der Waals surface area contributed by atoms with Gasteiger partial charge in [-0.05, 0) is 42.8 Å². The van der Waals surface area contributed by atoms with Crippen molar-refractivity contribution >= 4 is 28.9 Å². The Hall–Kier alpha value is -2.04. The maximum Gasteiger partial charge on any atom is 0.416 e. The van der Waals surface area contributed by atoms with Crippen LogP contribution >= 0.6 is 12.2 Å². The maximum atomic E-state index is 13.1. The third-order valence-corrected chi connectivity index (χ3v) is 5.10. The second-order valence-electron chi connectivity index (χ2n) is 8.84. The van der Waals surface area contributed by atoms with Crippen LogP contribution in [0.4, 0.5) is 32.0 Å². The lowest BCUT2D eigenvalue weighted by molar-refractivity contribution is -0.143. The van der Waals surface area contributed by atoms with Gasteiger partial charge in [0.05, 0.1) is 11.1 Å². The van der Waals surface area contributed by atoms with Gasteiger partial charge in [-0.2, -0.15) is 26.3 Å². The highest BCUT2D eigenvalue weighted by Crippen LogP contribution is 2.37. The van der Waals surface area contributed by atoms with E-state index in [1.807, 2.05) is 20.8 Å². The summed E-state index contributed by atoms with van der Waals surface area (Å²) < 4.78 is 78.3. The zero-order valence-electron chi connectivity index (χ0n) is 17.6. The molecule has 2 rings (SSSR count). The lowest BCUT2D eigenvalue weighted by atomic mass is 9.91. The zero-order valence-corrected chi connectivity index (χ0v) is 18.4. The van der Waals surface area contributed by atoms with Crippen molar-refractivity contribution < 1.29 is 31.1 Å². The topological polar surface area (TPSA) is 35.6 Å². The number of carbonyl (C=O) groups is 1. The molecule has 0 spiro atoms. The molecule has 0 saturated carbocycles. The average Bonchev–Trinajstić information content (AvgIpc) is 2.58. The van der Waals surface area contributed by atoms with Gasteiger partial charge in [-0.3, -0.25) is 4.79 Å². The molecule has 0 aliphatic carbocycles. The molecule has 1 aliphatic rings. The second kappa shape index (κ2) is 8.84. The smallest absolute Gasteiger partial charge is 0.343 e. The molecule has 0 bridgehead atoms. The Morgan fingerprint density at radius 3 is 1.97 bits per heavy atom. The van der Waals surface area contributed by atoms with Crippen molar-refractivity contribution in [2.24, 2.45) is 5.41 Å². The summed E-state index contributed by atoms with van der Waals surface area (Å²) in [5, 5.41) is 2.51. The summed E-state index contributed by atoms with van der Waals surface area (Å²) >= 11 is 5.25. The third kappa shape index (κ3) is 6.98. The molecular formula is C20H25F6N3OS. The largest absolute Gasteiger partial charge is 0.416 e. The molecule has 1 atom stereocenters. The van der Waals surface area contributed by atoms with Crippen molar-refractivity contribution in [3.8, 4) is 0 Å². The standard InChI is InChI=1S/C20H25F6N3OS/c1-12-11-28(16(30)10-18(2,3)4)5-6-29(12)17(31)27-15-8-13(19(21,22)23)7-14(9-15)20(24,25)26/h7-9,12H,5-6,10-11H2,1-4H3,(H,27,31). The van der Waals surface area contributed by atoms with Gasteiger partial charge < -0.3 is 15.1 Å². The lowest BCUT2D eigenvalue weighted by Gasteiger charge is -2.42. The van der Waals surface area contributed by atoms with Crippen LogP contribution < -0.4 is 5.32 Å². The number of hydrogen-bond donors (Lipinski definition) is 1. The fourth-order valence-corrected chi connectivity index (χ4v) is 3.66. The first-order valence-electron chi connectivity index (χ1n) is 9.62. The Morgan fingerprint density at radius 1 is 1.03 bits per heavy atom. The molecule has 1 aromatic rings. The molecule has 1 N–H and O–H groups in total. The summed E-state index contributed by atoms with van der Waals surface area (Å²) in [5.41, 5.74) is -3.41. The Kier molecular flexibility index (Phi) is 7.19. The van der Waals surface area contributed by atoms with E-state index in [4.69, 9.17) is 12.2 Å². The van der Waals surface area contributed by atoms with E-state index in [0.717, 1.165) is 0 Å². The van der Waals surface area contributed by atoms with E-state index >= 15 is 0 Å². The Bertz CT molecular complexity index is 799. The van der Waals surface area contributed by atoms with E-state index in [1.54, 1.807) is 16.7 Å². The molecular weight excluding hydrogens is 444 g/mol. The molecule has 1 aliphatic heterocycles. The molecule has 4 nitrogen and oxygen atoms in total. The molecule has 11 heteroatoms. The van der Waals surface area contributed by atoms with Crippen LogP contribution in [-0.4, -0.2) is 46.5 Å². The number of halogens is 6. The number of alkyl halides is 6. The molecule has 31 heavy (non-hydrogen) atoms. The molecule has 1 saturated heterocycles. The number of piperazine rings is 1. The lowest BCUT2D eigenvalue weighted by Crippen LogP contribution is -2.56. The fraction of sp³-hybridized carbons (Fsp3) is 0.600. The predicted octanol–water partition coefficient (Wildman–Crippen LogP) is 5.39. The van der Waals surface area contributed by atoms with Gasteiger partial charge in [-0.15, -0.1) is 0 Å². The van der Waals surface area contributed by atoms with Gasteiger partial charge in [0.25, 0.3) is 0 Å². The number of nitrogens with one attached hydrogen (secondary N) is 1. The molecule has 1 amide bonds. The summed E-state index contributed by atoms with van der Waals surface area (Å²) in [6.45, 7) is 8.67. The molecule has 1 fully saturated rings. The van der Waals surface area contributed by atoms with Crippen LogP contribution in [0, 0.1) is 5.41 Å². The third-order valence-electron chi connectivity index (χ3n) is 4.76. The van der Waals surface area contributed by atoms with Gasteiger partial charge in [0.1, 0.15) is 0 Å². The fourth-order valence-electron chi connectivity index (χ4n) is 3.27. The first kappa shape index (κ1) is 25.2. The summed E-state index contributed by atoms with van der Waals surface area (Å²) in [5.74, 6) is -0.00873. The van der Waals surface area contributed by atoms with Gasteiger partial charge in [-0.1, -0.05) is 20.8 Å².